The largest absolute Gasteiger partial charge is 0.481 e. The summed E-state index contributed by atoms with van der Waals surface area (Å²) >= 11 is 0. The highest BCUT2D eigenvalue weighted by Gasteiger charge is 2.28. The van der Waals surface area contributed by atoms with E-state index in [1.54, 1.807) is 11.9 Å². The minimum atomic E-state index is -0.964. The molecule has 3 amide bonds. The van der Waals surface area contributed by atoms with Crippen LogP contribution >= 0.6 is 0 Å². The molecule has 142 valence electrons. The molecule has 1 unspecified atom stereocenters. The summed E-state index contributed by atoms with van der Waals surface area (Å²) in [5.41, 5.74) is 1.02. The molecule has 1 aromatic rings. The Bertz CT molecular complexity index is 623. The average molecular weight is 363 g/mol. The number of aliphatic carboxylic acids is 1. The van der Waals surface area contributed by atoms with Crippen LogP contribution in [0.25, 0.3) is 0 Å². The van der Waals surface area contributed by atoms with E-state index in [0.29, 0.717) is 19.7 Å². The van der Waals surface area contributed by atoms with Gasteiger partial charge in [-0.05, 0) is 5.56 Å². The molecule has 2 N–H and O–H groups in total. The van der Waals surface area contributed by atoms with Crippen molar-refractivity contribution in [1.29, 1.82) is 0 Å². The molecule has 1 aromatic carbocycles. The lowest BCUT2D eigenvalue weighted by Crippen LogP contribution is -2.50. The Morgan fingerprint density at radius 2 is 2.04 bits per heavy atom. The van der Waals surface area contributed by atoms with Crippen molar-refractivity contribution in [2.45, 2.75) is 25.4 Å². The van der Waals surface area contributed by atoms with Gasteiger partial charge in [-0.1, -0.05) is 30.3 Å². The number of nitrogens with one attached hydrogen (secondary N) is 1. The number of nitrogens with zero attached hydrogens (tertiary/aromatic N) is 2. The molecule has 0 spiro atoms. The van der Waals surface area contributed by atoms with E-state index in [1.165, 1.54) is 4.90 Å². The number of morpholine rings is 1. The number of amides is 3. The van der Waals surface area contributed by atoms with Crippen LogP contribution in [-0.4, -0.2) is 72.2 Å². The van der Waals surface area contributed by atoms with Crippen molar-refractivity contribution in [3.8, 4) is 0 Å². The highest BCUT2D eigenvalue weighted by molar-refractivity contribution is 5.79. The van der Waals surface area contributed by atoms with Crippen LogP contribution in [0.1, 0.15) is 18.4 Å². The van der Waals surface area contributed by atoms with Crippen molar-refractivity contribution < 1.29 is 24.2 Å². The minimum absolute atomic E-state index is 0.126. The number of carboxylic acid groups (broad SMARTS) is 1. The van der Waals surface area contributed by atoms with E-state index in [2.05, 4.69) is 5.32 Å². The standard InChI is InChI=1S/C18H25N3O5/c1-20(12-14-5-3-2-4-6-14)18(25)19-8-7-16(22)21-9-10-26-13-15(21)11-17(23)24/h2-6,15H,7-13H2,1H3,(H,19,25)(H,23,24). The summed E-state index contributed by atoms with van der Waals surface area (Å²) in [6.07, 6.45) is -0.0149. The molecular formula is C18H25N3O5. The van der Waals surface area contributed by atoms with Crippen LogP contribution in [0, 0.1) is 0 Å². The van der Waals surface area contributed by atoms with Crippen molar-refractivity contribution in [1.82, 2.24) is 15.1 Å². The molecule has 1 heterocycles. The molecular weight excluding hydrogens is 338 g/mol. The number of urea groups is 1. The van der Waals surface area contributed by atoms with Crippen LogP contribution in [-0.2, 0) is 20.9 Å². The van der Waals surface area contributed by atoms with E-state index in [1.807, 2.05) is 30.3 Å². The first-order valence-corrected chi connectivity index (χ1v) is 8.59. The molecule has 8 nitrogen and oxygen atoms in total. The molecule has 0 radical (unpaired) electrons. The number of ether oxygens (including phenoxy) is 1. The van der Waals surface area contributed by atoms with Crippen molar-refractivity contribution >= 4 is 17.9 Å². The van der Waals surface area contributed by atoms with Gasteiger partial charge in [0.15, 0.2) is 0 Å². The molecule has 0 aliphatic carbocycles. The molecule has 1 saturated heterocycles. The summed E-state index contributed by atoms with van der Waals surface area (Å²) in [5.74, 6) is -1.14. The van der Waals surface area contributed by atoms with Crippen LogP contribution in [0.2, 0.25) is 0 Å². The lowest BCUT2D eigenvalue weighted by molar-refractivity contribution is -0.146. The predicted octanol–water partition coefficient (Wildman–Crippen LogP) is 0.920. The second-order valence-electron chi connectivity index (χ2n) is 6.24. The van der Waals surface area contributed by atoms with Gasteiger partial charge in [0, 0.05) is 33.1 Å². The zero-order valence-corrected chi connectivity index (χ0v) is 14.9. The fraction of sp³-hybridized carbons (Fsp3) is 0.500. The Morgan fingerprint density at radius 3 is 2.73 bits per heavy atom. The van der Waals surface area contributed by atoms with E-state index in [4.69, 9.17) is 9.84 Å². The normalized spacial score (nSPS) is 16.8. The van der Waals surface area contributed by atoms with Crippen molar-refractivity contribution in [2.75, 3.05) is 33.4 Å². The van der Waals surface area contributed by atoms with Gasteiger partial charge in [-0.2, -0.15) is 0 Å². The Labute approximate surface area is 152 Å². The lowest BCUT2D eigenvalue weighted by Gasteiger charge is -2.35. The van der Waals surface area contributed by atoms with Crippen LogP contribution in [0.4, 0.5) is 4.79 Å². The monoisotopic (exact) mass is 363 g/mol. The number of carbonyl (C=O) groups excluding carboxylic acids is 2. The quantitative estimate of drug-likeness (QED) is 0.750. The summed E-state index contributed by atoms with van der Waals surface area (Å²) in [5, 5.41) is 11.7. The molecule has 1 fully saturated rings. The van der Waals surface area contributed by atoms with E-state index in [-0.39, 0.29) is 37.9 Å². The minimum Gasteiger partial charge on any atom is -0.481 e. The third kappa shape index (κ3) is 6.03. The van der Waals surface area contributed by atoms with Gasteiger partial charge >= 0.3 is 12.0 Å². The Hall–Kier alpha value is -2.61. The third-order valence-electron chi connectivity index (χ3n) is 4.18. The smallest absolute Gasteiger partial charge is 0.317 e. The summed E-state index contributed by atoms with van der Waals surface area (Å²) in [7, 11) is 1.69. The second kappa shape index (κ2) is 9.76. The summed E-state index contributed by atoms with van der Waals surface area (Å²) in [6.45, 7) is 1.68. The van der Waals surface area contributed by atoms with Gasteiger partial charge in [0.2, 0.25) is 5.91 Å². The van der Waals surface area contributed by atoms with Gasteiger partial charge in [-0.3, -0.25) is 9.59 Å². The van der Waals surface area contributed by atoms with Crippen molar-refractivity contribution in [3.63, 3.8) is 0 Å². The molecule has 26 heavy (non-hydrogen) atoms. The van der Waals surface area contributed by atoms with Crippen LogP contribution in [0.15, 0.2) is 30.3 Å². The van der Waals surface area contributed by atoms with Gasteiger partial charge in [0.05, 0.1) is 25.7 Å². The maximum atomic E-state index is 12.3. The van der Waals surface area contributed by atoms with Crippen LogP contribution in [0.5, 0.6) is 0 Å². The zero-order chi connectivity index (χ0) is 18.9. The molecule has 0 saturated carbocycles. The molecule has 1 aliphatic rings. The fourth-order valence-electron chi connectivity index (χ4n) is 2.84. The van der Waals surface area contributed by atoms with E-state index < -0.39 is 12.0 Å². The number of carboxylic acids is 1. The van der Waals surface area contributed by atoms with E-state index in [0.717, 1.165) is 5.56 Å². The topological polar surface area (TPSA) is 99.2 Å². The Kier molecular flexibility index (Phi) is 7.40. The summed E-state index contributed by atoms with van der Waals surface area (Å²) in [4.78, 5) is 38.4. The second-order valence-corrected chi connectivity index (χ2v) is 6.24. The maximum absolute atomic E-state index is 12.3. The number of rotatable bonds is 7. The number of hydrogen-bond donors (Lipinski definition) is 2. The molecule has 0 aromatic heterocycles. The SMILES string of the molecule is CN(Cc1ccccc1)C(=O)NCCC(=O)N1CCOCC1CC(=O)O. The van der Waals surface area contributed by atoms with Crippen LogP contribution < -0.4 is 5.32 Å². The Morgan fingerprint density at radius 1 is 1.31 bits per heavy atom. The summed E-state index contributed by atoms with van der Waals surface area (Å²) in [6, 6.07) is 8.91. The van der Waals surface area contributed by atoms with Crippen molar-refractivity contribution in [2.24, 2.45) is 0 Å². The van der Waals surface area contributed by atoms with E-state index >= 15 is 0 Å². The van der Waals surface area contributed by atoms with E-state index in [9.17, 15) is 14.4 Å². The average Bonchev–Trinajstić information content (AvgIpc) is 2.62. The van der Waals surface area contributed by atoms with Gasteiger partial charge in [0.25, 0.3) is 0 Å². The fourth-order valence-corrected chi connectivity index (χ4v) is 2.84. The third-order valence-corrected chi connectivity index (χ3v) is 4.18. The Balaban J connectivity index is 1.75. The number of hydrogen-bond acceptors (Lipinski definition) is 4. The van der Waals surface area contributed by atoms with Gasteiger partial charge in [0.1, 0.15) is 0 Å². The molecule has 8 heteroatoms. The van der Waals surface area contributed by atoms with Crippen molar-refractivity contribution in [3.05, 3.63) is 35.9 Å². The molecule has 1 aliphatic heterocycles. The molecule has 2 rings (SSSR count). The van der Waals surface area contributed by atoms with Crippen LogP contribution in [0.3, 0.4) is 0 Å². The number of carbonyl (C=O) groups is 3. The zero-order valence-electron chi connectivity index (χ0n) is 14.9. The van der Waals surface area contributed by atoms with Gasteiger partial charge < -0.3 is 25.0 Å². The maximum Gasteiger partial charge on any atom is 0.317 e. The highest BCUT2D eigenvalue weighted by atomic mass is 16.5. The molecule has 0 bridgehead atoms. The highest BCUT2D eigenvalue weighted by Crippen LogP contribution is 2.12. The van der Waals surface area contributed by atoms with Gasteiger partial charge in [-0.25, -0.2) is 4.79 Å². The predicted molar refractivity (Wildman–Crippen MR) is 94.5 cm³/mol. The first kappa shape index (κ1) is 19.7. The number of benzene rings is 1. The first-order chi connectivity index (χ1) is 12.5. The molecule has 1 atom stereocenters. The lowest BCUT2D eigenvalue weighted by atomic mass is 10.1. The first-order valence-electron chi connectivity index (χ1n) is 8.59. The summed E-state index contributed by atoms with van der Waals surface area (Å²) < 4.78 is 5.26. The van der Waals surface area contributed by atoms with Gasteiger partial charge in [-0.15, -0.1) is 0 Å².